The molecule has 1 aromatic heterocycles. The molecule has 0 aliphatic carbocycles. The highest BCUT2D eigenvalue weighted by Gasteiger charge is 2.11. The third-order valence-corrected chi connectivity index (χ3v) is 1.94. The lowest BCUT2D eigenvalue weighted by Gasteiger charge is -2.07. The minimum Gasteiger partial charge on any atom is -0.456 e. The molecule has 0 fully saturated rings. The number of nitrogens with zero attached hydrogens (tertiary/aromatic N) is 1. The lowest BCUT2D eigenvalue weighted by Crippen LogP contribution is -2.15. The highest BCUT2D eigenvalue weighted by Crippen LogP contribution is 2.02. The molecule has 0 radical (unpaired) electrons. The summed E-state index contributed by atoms with van der Waals surface area (Å²) in [6.07, 6.45) is 3.36. The van der Waals surface area contributed by atoms with Crippen LogP contribution in [-0.4, -0.2) is 29.6 Å². The van der Waals surface area contributed by atoms with Crippen molar-refractivity contribution in [1.29, 1.82) is 0 Å². The average Bonchev–Trinajstić information content (AvgIpc) is 2.44. The van der Waals surface area contributed by atoms with Gasteiger partial charge in [-0.05, 0) is 31.1 Å². The van der Waals surface area contributed by atoms with Gasteiger partial charge in [-0.1, -0.05) is 6.58 Å². The number of carbonyl (C=O) groups is 2. The van der Waals surface area contributed by atoms with Crippen LogP contribution >= 0.6 is 0 Å². The molecule has 0 N–H and O–H groups in total. The predicted molar refractivity (Wildman–Crippen MR) is 68.0 cm³/mol. The van der Waals surface area contributed by atoms with Gasteiger partial charge in [0, 0.05) is 18.3 Å². The van der Waals surface area contributed by atoms with E-state index >= 15 is 0 Å². The van der Waals surface area contributed by atoms with Gasteiger partial charge >= 0.3 is 11.9 Å². The second-order valence-electron chi connectivity index (χ2n) is 3.29. The van der Waals surface area contributed by atoms with Crippen molar-refractivity contribution in [2.24, 2.45) is 0 Å². The molecule has 98 valence electrons. The fourth-order valence-corrected chi connectivity index (χ4v) is 1.10. The Labute approximate surface area is 111 Å². The zero-order chi connectivity index (χ0) is 14.1. The molecule has 0 aliphatic rings. The first-order valence-electron chi connectivity index (χ1n) is 5.59. The zero-order valence-electron chi connectivity index (χ0n) is 10.5. The maximum absolute atomic E-state index is 11.7. The zero-order valence-corrected chi connectivity index (χ0v) is 10.5. The molecule has 1 unspecified atom stereocenters. The molecule has 0 aliphatic heterocycles. The van der Waals surface area contributed by atoms with E-state index in [2.05, 4.69) is 28.1 Å². The number of esters is 2. The molecule has 0 amide bonds. The first-order chi connectivity index (χ1) is 9.17. The van der Waals surface area contributed by atoms with Crippen LogP contribution in [0.2, 0.25) is 0 Å². The fourth-order valence-electron chi connectivity index (χ4n) is 1.10. The van der Waals surface area contributed by atoms with Gasteiger partial charge in [0.1, 0.15) is 0 Å². The van der Waals surface area contributed by atoms with Gasteiger partial charge in [-0.2, -0.15) is 0 Å². The molecule has 0 aromatic carbocycles. The maximum atomic E-state index is 11.7. The van der Waals surface area contributed by atoms with Crippen molar-refractivity contribution in [2.45, 2.75) is 13.0 Å². The summed E-state index contributed by atoms with van der Waals surface area (Å²) >= 11 is 0. The van der Waals surface area contributed by atoms with E-state index in [1.54, 1.807) is 25.3 Å². The van der Waals surface area contributed by atoms with E-state index in [1.807, 2.05) is 0 Å². The van der Waals surface area contributed by atoms with Gasteiger partial charge in [-0.15, -0.1) is 0 Å². The van der Waals surface area contributed by atoms with E-state index in [-0.39, 0.29) is 6.61 Å². The Morgan fingerprint density at radius 1 is 1.58 bits per heavy atom. The van der Waals surface area contributed by atoms with E-state index in [0.717, 1.165) is 0 Å². The molecule has 1 atom stereocenters. The van der Waals surface area contributed by atoms with Crippen molar-refractivity contribution in [3.8, 4) is 11.8 Å². The molecule has 1 heterocycles. The van der Waals surface area contributed by atoms with Gasteiger partial charge in [0.15, 0.2) is 6.10 Å². The van der Waals surface area contributed by atoms with E-state index in [0.29, 0.717) is 5.56 Å². The Hall–Kier alpha value is -2.61. The summed E-state index contributed by atoms with van der Waals surface area (Å²) in [6, 6.07) is 3.18. The van der Waals surface area contributed by atoms with Gasteiger partial charge in [0.25, 0.3) is 0 Å². The SMILES string of the molecule is C=CC(C#CC(=O)OCC)OC(=O)c1cccnc1. The van der Waals surface area contributed by atoms with Crippen LogP contribution in [0.25, 0.3) is 0 Å². The van der Waals surface area contributed by atoms with Crippen LogP contribution in [0.5, 0.6) is 0 Å². The normalized spacial score (nSPS) is 10.6. The molecular formula is C14H13NO4. The minimum absolute atomic E-state index is 0.238. The van der Waals surface area contributed by atoms with Crippen molar-refractivity contribution in [3.05, 3.63) is 42.7 Å². The van der Waals surface area contributed by atoms with Gasteiger partial charge in [0.2, 0.25) is 0 Å². The highest BCUT2D eigenvalue weighted by atomic mass is 16.5. The average molecular weight is 259 g/mol. The Morgan fingerprint density at radius 3 is 2.95 bits per heavy atom. The summed E-state index contributed by atoms with van der Waals surface area (Å²) in [5, 5.41) is 0. The number of rotatable bonds is 4. The van der Waals surface area contributed by atoms with Crippen LogP contribution in [0.15, 0.2) is 37.2 Å². The Morgan fingerprint density at radius 2 is 2.37 bits per heavy atom. The monoisotopic (exact) mass is 259 g/mol. The Bertz CT molecular complexity index is 513. The third kappa shape index (κ3) is 5.04. The van der Waals surface area contributed by atoms with Gasteiger partial charge in [0.05, 0.1) is 12.2 Å². The van der Waals surface area contributed by atoms with Crippen molar-refractivity contribution in [1.82, 2.24) is 4.98 Å². The summed E-state index contributed by atoms with van der Waals surface area (Å²) in [4.78, 5) is 26.5. The molecule has 0 saturated heterocycles. The first kappa shape index (κ1) is 14.5. The molecule has 5 heteroatoms. The summed E-state index contributed by atoms with van der Waals surface area (Å²) in [5.74, 6) is 3.40. The number of pyridine rings is 1. The van der Waals surface area contributed by atoms with Crippen molar-refractivity contribution >= 4 is 11.9 Å². The van der Waals surface area contributed by atoms with Gasteiger partial charge < -0.3 is 9.47 Å². The summed E-state index contributed by atoms with van der Waals surface area (Å²) in [6.45, 7) is 5.40. The largest absolute Gasteiger partial charge is 0.456 e. The van der Waals surface area contributed by atoms with Crippen LogP contribution in [0.3, 0.4) is 0 Å². The van der Waals surface area contributed by atoms with Crippen LogP contribution in [0.4, 0.5) is 0 Å². The van der Waals surface area contributed by atoms with Crippen LogP contribution in [-0.2, 0) is 14.3 Å². The van der Waals surface area contributed by atoms with Crippen LogP contribution < -0.4 is 0 Å². The summed E-state index contributed by atoms with van der Waals surface area (Å²) < 4.78 is 9.66. The second-order valence-corrected chi connectivity index (χ2v) is 3.29. The molecule has 0 bridgehead atoms. The van der Waals surface area contributed by atoms with Crippen molar-refractivity contribution in [3.63, 3.8) is 0 Å². The molecule has 0 saturated carbocycles. The van der Waals surface area contributed by atoms with Crippen molar-refractivity contribution < 1.29 is 19.1 Å². The second kappa shape index (κ2) is 7.67. The van der Waals surface area contributed by atoms with E-state index in [9.17, 15) is 9.59 Å². The Balaban J connectivity index is 2.65. The van der Waals surface area contributed by atoms with Gasteiger partial charge in [-0.3, -0.25) is 4.98 Å². The molecule has 5 nitrogen and oxygen atoms in total. The van der Waals surface area contributed by atoms with Crippen molar-refractivity contribution in [2.75, 3.05) is 6.61 Å². The first-order valence-corrected chi connectivity index (χ1v) is 5.59. The third-order valence-electron chi connectivity index (χ3n) is 1.94. The molecular weight excluding hydrogens is 246 g/mol. The van der Waals surface area contributed by atoms with E-state index < -0.39 is 18.0 Å². The quantitative estimate of drug-likeness (QED) is 0.353. The maximum Gasteiger partial charge on any atom is 0.384 e. The highest BCUT2D eigenvalue weighted by molar-refractivity contribution is 5.90. The number of ether oxygens (including phenoxy) is 2. The molecule has 19 heavy (non-hydrogen) atoms. The lowest BCUT2D eigenvalue weighted by molar-refractivity contribution is -0.136. The number of aromatic nitrogens is 1. The van der Waals surface area contributed by atoms with Gasteiger partial charge in [-0.25, -0.2) is 9.59 Å². The smallest absolute Gasteiger partial charge is 0.384 e. The summed E-state index contributed by atoms with van der Waals surface area (Å²) in [7, 11) is 0. The van der Waals surface area contributed by atoms with Crippen LogP contribution in [0, 0.1) is 11.8 Å². The summed E-state index contributed by atoms with van der Waals surface area (Å²) in [5.41, 5.74) is 0.298. The van der Waals surface area contributed by atoms with E-state index in [4.69, 9.17) is 4.74 Å². The standard InChI is InChI=1S/C14H13NO4/c1-3-12(7-8-13(16)18-4-2)19-14(17)11-6-5-9-15-10-11/h3,5-6,9-10,12H,1,4H2,2H3. The number of hydrogen-bond acceptors (Lipinski definition) is 5. The minimum atomic E-state index is -0.878. The Kier molecular flexibility index (Phi) is 5.83. The molecule has 1 aromatic rings. The fraction of sp³-hybridized carbons (Fsp3) is 0.214. The predicted octanol–water partition coefficient (Wildman–Crippen LogP) is 1.36. The van der Waals surface area contributed by atoms with E-state index in [1.165, 1.54) is 12.3 Å². The number of carbonyl (C=O) groups excluding carboxylic acids is 2. The topological polar surface area (TPSA) is 65.5 Å². The lowest BCUT2D eigenvalue weighted by atomic mass is 10.3. The van der Waals surface area contributed by atoms with Crippen LogP contribution in [0.1, 0.15) is 17.3 Å². The molecule has 0 spiro atoms. The molecule has 1 rings (SSSR count). The number of hydrogen-bond donors (Lipinski definition) is 0.